The molecule has 7 nitrogen and oxygen atoms in total. The van der Waals surface area contributed by atoms with Gasteiger partial charge in [0.1, 0.15) is 6.33 Å². The smallest absolute Gasteiger partial charge is 0.233 e. The quantitative estimate of drug-likeness (QED) is 0.727. The van der Waals surface area contributed by atoms with Gasteiger partial charge in [-0.3, -0.25) is 9.36 Å². The number of nitrogens with zero attached hydrogens (tertiary/aromatic N) is 4. The first-order valence-corrected chi connectivity index (χ1v) is 10.7. The Balaban J connectivity index is 1.66. The summed E-state index contributed by atoms with van der Waals surface area (Å²) in [5, 5.41) is 8.68. The van der Waals surface area contributed by atoms with E-state index in [-0.39, 0.29) is 29.2 Å². The van der Waals surface area contributed by atoms with Crippen LogP contribution in [-0.2, 0) is 14.6 Å². The van der Waals surface area contributed by atoms with Gasteiger partial charge in [0.25, 0.3) is 0 Å². The molecule has 134 valence electrons. The SMILES string of the molecule is Cc1ccccc1-n1cnnc1SCC(=O)N(C)C1CCS(=O)(=O)C1. The lowest BCUT2D eigenvalue weighted by Crippen LogP contribution is -2.38. The highest BCUT2D eigenvalue weighted by Crippen LogP contribution is 2.23. The number of carbonyl (C=O) groups excluding carboxylic acids is 1. The fraction of sp³-hybridized carbons (Fsp3) is 0.438. The molecule has 1 aromatic carbocycles. The van der Waals surface area contributed by atoms with E-state index in [9.17, 15) is 13.2 Å². The molecule has 1 fully saturated rings. The third-order valence-electron chi connectivity index (χ3n) is 4.37. The van der Waals surface area contributed by atoms with E-state index in [0.29, 0.717) is 11.6 Å². The number of thioether (sulfide) groups is 1. The van der Waals surface area contributed by atoms with E-state index in [1.54, 1.807) is 18.3 Å². The van der Waals surface area contributed by atoms with Crippen molar-refractivity contribution in [3.63, 3.8) is 0 Å². The molecule has 3 rings (SSSR count). The van der Waals surface area contributed by atoms with Crippen molar-refractivity contribution in [2.45, 2.75) is 24.5 Å². The largest absolute Gasteiger partial charge is 0.341 e. The van der Waals surface area contributed by atoms with Crippen LogP contribution in [0.5, 0.6) is 0 Å². The summed E-state index contributed by atoms with van der Waals surface area (Å²) in [6.45, 7) is 2.00. The van der Waals surface area contributed by atoms with Crippen LogP contribution >= 0.6 is 11.8 Å². The molecule has 1 amide bonds. The van der Waals surface area contributed by atoms with Gasteiger partial charge in [0, 0.05) is 13.1 Å². The molecule has 1 saturated heterocycles. The average Bonchev–Trinajstić information content (AvgIpc) is 3.18. The van der Waals surface area contributed by atoms with E-state index in [0.717, 1.165) is 11.3 Å². The van der Waals surface area contributed by atoms with E-state index in [1.165, 1.54) is 11.8 Å². The van der Waals surface area contributed by atoms with Crippen LogP contribution in [0.25, 0.3) is 5.69 Å². The summed E-state index contributed by atoms with van der Waals surface area (Å²) in [6.07, 6.45) is 2.14. The first-order valence-electron chi connectivity index (χ1n) is 7.92. The molecule has 1 aromatic heterocycles. The molecule has 1 unspecified atom stereocenters. The number of hydrogen-bond acceptors (Lipinski definition) is 6. The Bertz CT molecular complexity index is 879. The summed E-state index contributed by atoms with van der Waals surface area (Å²) in [7, 11) is -1.34. The van der Waals surface area contributed by atoms with Crippen molar-refractivity contribution in [2.24, 2.45) is 0 Å². The molecule has 1 aliphatic heterocycles. The average molecular weight is 380 g/mol. The number of hydrogen-bond donors (Lipinski definition) is 0. The van der Waals surface area contributed by atoms with Crippen LogP contribution < -0.4 is 0 Å². The zero-order chi connectivity index (χ0) is 18.0. The minimum absolute atomic E-state index is 0.0549. The molecule has 2 heterocycles. The zero-order valence-corrected chi connectivity index (χ0v) is 15.8. The minimum atomic E-state index is -3.01. The van der Waals surface area contributed by atoms with E-state index >= 15 is 0 Å². The standard InChI is InChI=1S/C16H20N4O3S2/c1-12-5-3-4-6-14(12)20-11-17-18-16(20)24-9-15(21)19(2)13-7-8-25(22,23)10-13/h3-6,11,13H,7-10H2,1-2H3. The number of aryl methyl sites for hydroxylation is 1. The zero-order valence-electron chi connectivity index (χ0n) is 14.1. The van der Waals surface area contributed by atoms with Gasteiger partial charge in [-0.25, -0.2) is 8.42 Å². The lowest BCUT2D eigenvalue weighted by atomic mass is 10.2. The number of amides is 1. The van der Waals surface area contributed by atoms with Gasteiger partial charge < -0.3 is 4.90 Å². The summed E-state index contributed by atoms with van der Waals surface area (Å²) in [6, 6.07) is 7.65. The number of para-hydroxylation sites is 1. The molecular formula is C16H20N4O3S2. The van der Waals surface area contributed by atoms with Crippen molar-refractivity contribution in [1.29, 1.82) is 0 Å². The Labute approximate surface area is 151 Å². The van der Waals surface area contributed by atoms with Gasteiger partial charge in [-0.2, -0.15) is 0 Å². The number of carbonyl (C=O) groups is 1. The van der Waals surface area contributed by atoms with Crippen molar-refractivity contribution < 1.29 is 13.2 Å². The molecule has 9 heteroatoms. The predicted molar refractivity (Wildman–Crippen MR) is 96.6 cm³/mol. The first kappa shape index (κ1) is 17.9. The van der Waals surface area contributed by atoms with Crippen LogP contribution in [-0.4, -0.2) is 64.3 Å². The highest BCUT2D eigenvalue weighted by molar-refractivity contribution is 7.99. The van der Waals surface area contributed by atoms with E-state index in [2.05, 4.69) is 10.2 Å². The van der Waals surface area contributed by atoms with Crippen molar-refractivity contribution >= 4 is 27.5 Å². The van der Waals surface area contributed by atoms with E-state index < -0.39 is 9.84 Å². The molecule has 0 N–H and O–H groups in total. The topological polar surface area (TPSA) is 85.2 Å². The Hall–Kier alpha value is -1.87. The van der Waals surface area contributed by atoms with Gasteiger partial charge >= 0.3 is 0 Å². The Kier molecular flexibility index (Phi) is 5.14. The van der Waals surface area contributed by atoms with Crippen LogP contribution in [0.3, 0.4) is 0 Å². The normalized spacial score (nSPS) is 19.0. The maximum Gasteiger partial charge on any atom is 0.233 e. The van der Waals surface area contributed by atoms with Crippen molar-refractivity contribution in [3.8, 4) is 5.69 Å². The first-order chi connectivity index (χ1) is 11.9. The van der Waals surface area contributed by atoms with E-state index in [1.807, 2.05) is 35.8 Å². The molecule has 1 aliphatic rings. The number of aromatic nitrogens is 3. The Morgan fingerprint density at radius 2 is 2.16 bits per heavy atom. The molecular weight excluding hydrogens is 360 g/mol. The third-order valence-corrected chi connectivity index (χ3v) is 7.04. The van der Waals surface area contributed by atoms with Crippen LogP contribution in [0.15, 0.2) is 35.7 Å². The van der Waals surface area contributed by atoms with E-state index in [4.69, 9.17) is 0 Å². The summed E-state index contributed by atoms with van der Waals surface area (Å²) in [5.41, 5.74) is 2.06. The molecule has 2 aromatic rings. The second-order valence-corrected chi connectivity index (χ2v) is 9.29. The van der Waals surface area contributed by atoms with Gasteiger partial charge in [0.2, 0.25) is 5.91 Å². The molecule has 0 saturated carbocycles. The number of rotatable bonds is 5. The fourth-order valence-electron chi connectivity index (χ4n) is 2.83. The summed E-state index contributed by atoms with van der Waals surface area (Å²) in [4.78, 5) is 14.0. The lowest BCUT2D eigenvalue weighted by Gasteiger charge is -2.23. The van der Waals surface area contributed by atoms with Crippen LogP contribution in [0, 0.1) is 6.92 Å². The van der Waals surface area contributed by atoms with Crippen molar-refractivity contribution in [2.75, 3.05) is 24.3 Å². The Morgan fingerprint density at radius 3 is 2.84 bits per heavy atom. The molecule has 25 heavy (non-hydrogen) atoms. The fourth-order valence-corrected chi connectivity index (χ4v) is 5.45. The number of sulfone groups is 1. The number of benzene rings is 1. The van der Waals surface area contributed by atoms with Gasteiger partial charge in [0.05, 0.1) is 22.9 Å². The van der Waals surface area contributed by atoms with Crippen molar-refractivity contribution in [3.05, 3.63) is 36.2 Å². The molecule has 0 aliphatic carbocycles. The van der Waals surface area contributed by atoms with Gasteiger partial charge in [0.15, 0.2) is 15.0 Å². The maximum atomic E-state index is 12.4. The third kappa shape index (κ3) is 4.04. The Morgan fingerprint density at radius 1 is 1.40 bits per heavy atom. The lowest BCUT2D eigenvalue weighted by molar-refractivity contribution is -0.128. The van der Waals surface area contributed by atoms with Crippen LogP contribution in [0.1, 0.15) is 12.0 Å². The van der Waals surface area contributed by atoms with Crippen LogP contribution in [0.4, 0.5) is 0 Å². The minimum Gasteiger partial charge on any atom is -0.341 e. The monoisotopic (exact) mass is 380 g/mol. The van der Waals surface area contributed by atoms with Gasteiger partial charge in [-0.1, -0.05) is 30.0 Å². The molecule has 0 bridgehead atoms. The summed E-state index contributed by atoms with van der Waals surface area (Å²) >= 11 is 1.30. The van der Waals surface area contributed by atoms with Gasteiger partial charge in [-0.15, -0.1) is 10.2 Å². The van der Waals surface area contributed by atoms with Crippen molar-refractivity contribution in [1.82, 2.24) is 19.7 Å². The molecule has 1 atom stereocenters. The molecule has 0 spiro atoms. The highest BCUT2D eigenvalue weighted by atomic mass is 32.2. The maximum absolute atomic E-state index is 12.4. The highest BCUT2D eigenvalue weighted by Gasteiger charge is 2.32. The molecule has 0 radical (unpaired) electrons. The summed E-state index contributed by atoms with van der Waals surface area (Å²) < 4.78 is 25.0. The predicted octanol–water partition coefficient (Wildman–Crippen LogP) is 1.31. The van der Waals surface area contributed by atoms with Gasteiger partial charge in [-0.05, 0) is 25.0 Å². The second kappa shape index (κ2) is 7.17. The van der Waals surface area contributed by atoms with Crippen LogP contribution in [0.2, 0.25) is 0 Å². The summed E-state index contributed by atoms with van der Waals surface area (Å²) in [5.74, 6) is 0.299. The second-order valence-electron chi connectivity index (χ2n) is 6.12.